The molecular weight excluding hydrogens is 212 g/mol. The molecule has 1 saturated heterocycles. The molecule has 1 rings (SSSR count). The van der Waals surface area contributed by atoms with Crippen LogP contribution in [0.2, 0.25) is 0 Å². The molecule has 5 heteroatoms. The molecule has 0 aromatic heterocycles. The summed E-state index contributed by atoms with van der Waals surface area (Å²) in [5.41, 5.74) is -0.415. The molecule has 0 spiro atoms. The second kappa shape index (κ2) is 5.61. The van der Waals surface area contributed by atoms with Crippen molar-refractivity contribution in [2.24, 2.45) is 0 Å². The first-order chi connectivity index (χ1) is 6.97. The van der Waals surface area contributed by atoms with E-state index in [2.05, 4.69) is 10.6 Å². The van der Waals surface area contributed by atoms with Crippen LogP contribution >= 0.6 is 11.8 Å². The predicted octanol–water partition coefficient (Wildman–Crippen LogP) is 1.22. The van der Waals surface area contributed by atoms with Gasteiger partial charge in [0.2, 0.25) is 0 Å². The van der Waals surface area contributed by atoms with Gasteiger partial charge < -0.3 is 15.4 Å². The maximum absolute atomic E-state index is 11.2. The van der Waals surface area contributed by atoms with Gasteiger partial charge in [0.1, 0.15) is 5.60 Å². The largest absolute Gasteiger partial charge is 0.444 e. The van der Waals surface area contributed by atoms with E-state index in [1.165, 1.54) is 11.5 Å². The summed E-state index contributed by atoms with van der Waals surface area (Å²) >= 11 is 1.94. The zero-order valence-corrected chi connectivity index (χ0v) is 10.4. The quantitative estimate of drug-likeness (QED) is 0.716. The van der Waals surface area contributed by atoms with Gasteiger partial charge in [0.25, 0.3) is 0 Å². The highest BCUT2D eigenvalue weighted by molar-refractivity contribution is 8.00. The van der Waals surface area contributed by atoms with Gasteiger partial charge in [0.15, 0.2) is 0 Å². The van der Waals surface area contributed by atoms with Crippen LogP contribution in [0.1, 0.15) is 20.8 Å². The molecule has 0 bridgehead atoms. The number of alkyl carbamates (subject to hydrolysis) is 1. The summed E-state index contributed by atoms with van der Waals surface area (Å²) in [4.78, 5) is 11.2. The Morgan fingerprint density at radius 3 is 2.53 bits per heavy atom. The second-order valence-electron chi connectivity index (χ2n) is 4.62. The lowest BCUT2D eigenvalue weighted by atomic mass is 10.2. The van der Waals surface area contributed by atoms with Crippen molar-refractivity contribution in [2.45, 2.75) is 32.4 Å². The summed E-state index contributed by atoms with van der Waals surface area (Å²) in [6, 6.07) is 0.635. The molecule has 0 aromatic carbocycles. The van der Waals surface area contributed by atoms with Crippen molar-refractivity contribution in [2.75, 3.05) is 24.6 Å². The number of rotatable bonds is 4. The molecule has 0 atom stereocenters. The lowest BCUT2D eigenvalue weighted by Gasteiger charge is -2.26. The maximum Gasteiger partial charge on any atom is 0.407 e. The van der Waals surface area contributed by atoms with E-state index < -0.39 is 5.60 Å². The Labute approximate surface area is 95.5 Å². The SMILES string of the molecule is CC(C)(C)OC(=O)NCCNC1CSC1. The number of thioether (sulfide) groups is 1. The minimum Gasteiger partial charge on any atom is -0.444 e. The molecule has 1 heterocycles. The van der Waals surface area contributed by atoms with Crippen LogP contribution in [0.3, 0.4) is 0 Å². The van der Waals surface area contributed by atoms with Crippen LogP contribution in [0.4, 0.5) is 4.79 Å². The van der Waals surface area contributed by atoms with Crippen LogP contribution in [0, 0.1) is 0 Å². The third kappa shape index (κ3) is 5.89. The summed E-state index contributed by atoms with van der Waals surface area (Å²) in [7, 11) is 0. The van der Waals surface area contributed by atoms with Crippen molar-refractivity contribution >= 4 is 17.9 Å². The molecule has 0 unspecified atom stereocenters. The second-order valence-corrected chi connectivity index (χ2v) is 5.69. The monoisotopic (exact) mass is 232 g/mol. The van der Waals surface area contributed by atoms with E-state index in [-0.39, 0.29) is 6.09 Å². The van der Waals surface area contributed by atoms with Crippen molar-refractivity contribution < 1.29 is 9.53 Å². The number of hydrogen-bond donors (Lipinski definition) is 2. The highest BCUT2D eigenvalue weighted by atomic mass is 32.2. The van der Waals surface area contributed by atoms with Crippen LogP contribution in [-0.2, 0) is 4.74 Å². The van der Waals surface area contributed by atoms with Crippen molar-refractivity contribution in [1.82, 2.24) is 10.6 Å². The Bertz CT molecular complexity index is 212. The molecule has 1 fully saturated rings. The molecule has 0 saturated carbocycles. The van der Waals surface area contributed by atoms with Crippen molar-refractivity contribution in [3.05, 3.63) is 0 Å². The van der Waals surface area contributed by atoms with Gasteiger partial charge in [-0.2, -0.15) is 11.8 Å². The molecular formula is C10H20N2O2S. The summed E-state index contributed by atoms with van der Waals surface area (Å²) in [6.07, 6.45) is -0.340. The number of amides is 1. The average Bonchev–Trinajstić information content (AvgIpc) is 1.96. The third-order valence-electron chi connectivity index (χ3n) is 1.86. The summed E-state index contributed by atoms with van der Waals surface area (Å²) in [5, 5.41) is 6.06. The Morgan fingerprint density at radius 2 is 2.07 bits per heavy atom. The zero-order valence-electron chi connectivity index (χ0n) is 9.63. The summed E-state index contributed by atoms with van der Waals surface area (Å²) < 4.78 is 5.10. The van der Waals surface area contributed by atoms with E-state index >= 15 is 0 Å². The predicted molar refractivity (Wildman–Crippen MR) is 63.4 cm³/mol. The van der Waals surface area contributed by atoms with Crippen LogP contribution in [-0.4, -0.2) is 42.3 Å². The van der Waals surface area contributed by atoms with E-state index in [0.29, 0.717) is 12.6 Å². The molecule has 0 aromatic rings. The lowest BCUT2D eigenvalue weighted by Crippen LogP contribution is -2.44. The average molecular weight is 232 g/mol. The molecule has 1 aliphatic heterocycles. The van der Waals surface area contributed by atoms with E-state index in [4.69, 9.17) is 4.74 Å². The molecule has 1 amide bonds. The molecule has 0 aliphatic carbocycles. The van der Waals surface area contributed by atoms with E-state index in [1.807, 2.05) is 32.5 Å². The highest BCUT2D eigenvalue weighted by Gasteiger charge is 2.17. The minimum atomic E-state index is -0.415. The van der Waals surface area contributed by atoms with E-state index in [1.54, 1.807) is 0 Å². The van der Waals surface area contributed by atoms with Gasteiger partial charge in [-0.25, -0.2) is 4.79 Å². The molecule has 4 nitrogen and oxygen atoms in total. The zero-order chi connectivity index (χ0) is 11.3. The normalized spacial score (nSPS) is 17.0. The van der Waals surface area contributed by atoms with Crippen LogP contribution in [0.5, 0.6) is 0 Å². The van der Waals surface area contributed by atoms with Crippen LogP contribution in [0.25, 0.3) is 0 Å². The van der Waals surface area contributed by atoms with Gasteiger partial charge in [-0.1, -0.05) is 0 Å². The fourth-order valence-corrected chi connectivity index (χ4v) is 1.82. The Morgan fingerprint density at radius 1 is 1.40 bits per heavy atom. The van der Waals surface area contributed by atoms with Crippen LogP contribution in [0.15, 0.2) is 0 Å². The number of carbonyl (C=O) groups excluding carboxylic acids is 1. The molecule has 1 aliphatic rings. The van der Waals surface area contributed by atoms with E-state index in [0.717, 1.165) is 6.54 Å². The standard InChI is InChI=1S/C10H20N2O2S/c1-10(2,3)14-9(13)12-5-4-11-8-6-15-7-8/h8,11H,4-7H2,1-3H3,(H,12,13). The molecule has 88 valence electrons. The van der Waals surface area contributed by atoms with Crippen LogP contribution < -0.4 is 10.6 Å². The van der Waals surface area contributed by atoms with Crippen molar-refractivity contribution in [1.29, 1.82) is 0 Å². The number of hydrogen-bond acceptors (Lipinski definition) is 4. The van der Waals surface area contributed by atoms with Gasteiger partial charge in [-0.15, -0.1) is 0 Å². The van der Waals surface area contributed by atoms with Gasteiger partial charge in [-0.3, -0.25) is 0 Å². The topological polar surface area (TPSA) is 50.4 Å². The highest BCUT2D eigenvalue weighted by Crippen LogP contribution is 2.16. The Kier molecular flexibility index (Phi) is 4.73. The lowest BCUT2D eigenvalue weighted by molar-refractivity contribution is 0.0528. The Balaban J connectivity index is 1.96. The first-order valence-electron chi connectivity index (χ1n) is 5.25. The molecule has 2 N–H and O–H groups in total. The van der Waals surface area contributed by atoms with Crippen molar-refractivity contribution in [3.8, 4) is 0 Å². The molecule has 15 heavy (non-hydrogen) atoms. The number of nitrogens with one attached hydrogen (secondary N) is 2. The first-order valence-corrected chi connectivity index (χ1v) is 6.41. The van der Waals surface area contributed by atoms with Gasteiger partial charge in [-0.05, 0) is 20.8 Å². The third-order valence-corrected chi connectivity index (χ3v) is 3.14. The number of ether oxygens (including phenoxy) is 1. The maximum atomic E-state index is 11.2. The summed E-state index contributed by atoms with van der Waals surface area (Å²) in [6.45, 7) is 7.00. The molecule has 0 radical (unpaired) electrons. The summed E-state index contributed by atoms with van der Waals surface area (Å²) in [5.74, 6) is 2.37. The fourth-order valence-electron chi connectivity index (χ4n) is 1.11. The van der Waals surface area contributed by atoms with Crippen molar-refractivity contribution in [3.63, 3.8) is 0 Å². The number of carbonyl (C=O) groups is 1. The minimum absolute atomic E-state index is 0.340. The van der Waals surface area contributed by atoms with Gasteiger partial charge in [0.05, 0.1) is 0 Å². The van der Waals surface area contributed by atoms with E-state index in [9.17, 15) is 4.79 Å². The first kappa shape index (κ1) is 12.6. The van der Waals surface area contributed by atoms with Gasteiger partial charge in [0, 0.05) is 30.6 Å². The Hall–Kier alpha value is -0.420. The van der Waals surface area contributed by atoms with Gasteiger partial charge >= 0.3 is 6.09 Å². The smallest absolute Gasteiger partial charge is 0.407 e. The fraction of sp³-hybridized carbons (Fsp3) is 0.900.